The van der Waals surface area contributed by atoms with Gasteiger partial charge in [0.2, 0.25) is 0 Å². The van der Waals surface area contributed by atoms with Gasteiger partial charge in [0, 0.05) is 26.6 Å². The van der Waals surface area contributed by atoms with Gasteiger partial charge in [-0.05, 0) is 17.5 Å². The average molecular weight is 409 g/mol. The smallest absolute Gasteiger partial charge is 0.190 e. The van der Waals surface area contributed by atoms with Crippen LogP contribution in [0.3, 0.4) is 0 Å². The fraction of sp³-hybridized carbons (Fsp3) is 0.278. The van der Waals surface area contributed by atoms with Crippen molar-refractivity contribution in [3.8, 4) is 0 Å². The summed E-state index contributed by atoms with van der Waals surface area (Å²) >= 11 is 0. The Balaban J connectivity index is 0.00000242. The summed E-state index contributed by atoms with van der Waals surface area (Å²) < 4.78 is 0. The molecule has 0 radical (unpaired) electrons. The van der Waals surface area contributed by atoms with Crippen molar-refractivity contribution in [3.05, 3.63) is 71.8 Å². The maximum atomic E-state index is 4.17. The standard InChI is InChI=1S/C18H23N3.HI/c1-19-18(20-2)21-14-17(16-11-7-4-8-12-16)13-15-9-5-3-6-10-15;/h3-12,17H,13-14H2,1-2H3,(H2,19,20,21);1H. The van der Waals surface area contributed by atoms with E-state index in [9.17, 15) is 0 Å². The zero-order valence-corrected chi connectivity index (χ0v) is 15.5. The fourth-order valence-corrected chi connectivity index (χ4v) is 2.43. The zero-order chi connectivity index (χ0) is 14.9. The molecule has 0 heterocycles. The number of aliphatic imine (C=N–C) groups is 1. The normalized spacial score (nSPS) is 12.2. The number of hydrogen-bond acceptors (Lipinski definition) is 1. The van der Waals surface area contributed by atoms with E-state index in [-0.39, 0.29) is 24.0 Å². The van der Waals surface area contributed by atoms with Gasteiger partial charge in [-0.1, -0.05) is 60.7 Å². The molecule has 1 atom stereocenters. The molecule has 4 heteroatoms. The first-order valence-electron chi connectivity index (χ1n) is 7.30. The van der Waals surface area contributed by atoms with Crippen LogP contribution in [0.5, 0.6) is 0 Å². The Kier molecular flexibility index (Phi) is 8.58. The highest BCUT2D eigenvalue weighted by atomic mass is 127. The Morgan fingerprint density at radius 1 is 1.00 bits per heavy atom. The Bertz CT molecular complexity index is 555. The van der Waals surface area contributed by atoms with Crippen molar-refractivity contribution in [1.82, 2.24) is 10.6 Å². The highest BCUT2D eigenvalue weighted by molar-refractivity contribution is 14.0. The van der Waals surface area contributed by atoms with Gasteiger partial charge in [-0.15, -0.1) is 24.0 Å². The third-order valence-corrected chi connectivity index (χ3v) is 3.57. The van der Waals surface area contributed by atoms with Gasteiger partial charge in [0.15, 0.2) is 5.96 Å². The van der Waals surface area contributed by atoms with Crippen LogP contribution < -0.4 is 10.6 Å². The maximum absolute atomic E-state index is 4.17. The van der Waals surface area contributed by atoms with E-state index >= 15 is 0 Å². The van der Waals surface area contributed by atoms with Crippen LogP contribution in [0.15, 0.2) is 65.7 Å². The molecule has 0 fully saturated rings. The number of hydrogen-bond donors (Lipinski definition) is 2. The topological polar surface area (TPSA) is 36.4 Å². The summed E-state index contributed by atoms with van der Waals surface area (Å²) in [5.41, 5.74) is 2.70. The molecular weight excluding hydrogens is 385 g/mol. The quantitative estimate of drug-likeness (QED) is 0.451. The van der Waals surface area contributed by atoms with Crippen LogP contribution >= 0.6 is 24.0 Å². The molecule has 0 saturated heterocycles. The molecule has 0 amide bonds. The van der Waals surface area contributed by atoms with Gasteiger partial charge in [0.1, 0.15) is 0 Å². The predicted octanol–water partition coefficient (Wildman–Crippen LogP) is 3.43. The molecule has 0 aromatic heterocycles. The first-order valence-corrected chi connectivity index (χ1v) is 7.30. The van der Waals surface area contributed by atoms with Gasteiger partial charge in [0.25, 0.3) is 0 Å². The second kappa shape index (κ2) is 10.2. The van der Waals surface area contributed by atoms with Gasteiger partial charge < -0.3 is 10.6 Å². The lowest BCUT2D eigenvalue weighted by molar-refractivity contribution is 0.649. The molecular formula is C18H24IN3. The first kappa shape index (κ1) is 18.5. The third kappa shape index (κ3) is 5.67. The second-order valence-electron chi connectivity index (χ2n) is 5.00. The van der Waals surface area contributed by atoms with Crippen molar-refractivity contribution in [2.45, 2.75) is 12.3 Å². The molecule has 2 aromatic carbocycles. The van der Waals surface area contributed by atoms with Gasteiger partial charge in [0.05, 0.1) is 0 Å². The molecule has 0 aliphatic rings. The summed E-state index contributed by atoms with van der Waals surface area (Å²) in [7, 11) is 3.66. The molecule has 2 N–H and O–H groups in total. The Morgan fingerprint density at radius 3 is 2.14 bits per heavy atom. The molecule has 2 rings (SSSR count). The molecule has 0 spiro atoms. The number of rotatable bonds is 5. The van der Waals surface area contributed by atoms with Crippen LogP contribution in [0, 0.1) is 0 Å². The van der Waals surface area contributed by atoms with Crippen molar-refractivity contribution in [3.63, 3.8) is 0 Å². The van der Waals surface area contributed by atoms with Crippen molar-refractivity contribution < 1.29 is 0 Å². The predicted molar refractivity (Wildman–Crippen MR) is 105 cm³/mol. The van der Waals surface area contributed by atoms with Gasteiger partial charge in [-0.2, -0.15) is 0 Å². The summed E-state index contributed by atoms with van der Waals surface area (Å²) in [6.45, 7) is 0.854. The number of guanidine groups is 1. The third-order valence-electron chi connectivity index (χ3n) is 3.57. The van der Waals surface area contributed by atoms with Gasteiger partial charge in [-0.3, -0.25) is 4.99 Å². The van der Waals surface area contributed by atoms with E-state index in [0.29, 0.717) is 5.92 Å². The lowest BCUT2D eigenvalue weighted by atomic mass is 9.92. The lowest BCUT2D eigenvalue weighted by Crippen LogP contribution is -2.37. The Morgan fingerprint density at radius 2 is 1.59 bits per heavy atom. The van der Waals surface area contributed by atoms with Crippen LogP contribution in [0.2, 0.25) is 0 Å². The fourth-order valence-electron chi connectivity index (χ4n) is 2.43. The van der Waals surface area contributed by atoms with Crippen LogP contribution in [0.25, 0.3) is 0 Å². The molecule has 22 heavy (non-hydrogen) atoms. The van der Waals surface area contributed by atoms with Crippen molar-refractivity contribution >= 4 is 29.9 Å². The van der Waals surface area contributed by atoms with Crippen LogP contribution in [0.4, 0.5) is 0 Å². The highest BCUT2D eigenvalue weighted by Gasteiger charge is 2.12. The molecule has 118 valence electrons. The molecule has 0 bridgehead atoms. The molecule has 1 unspecified atom stereocenters. The lowest BCUT2D eigenvalue weighted by Gasteiger charge is -2.19. The summed E-state index contributed by atoms with van der Waals surface area (Å²) in [6, 6.07) is 21.3. The number of nitrogens with one attached hydrogen (secondary N) is 2. The minimum absolute atomic E-state index is 0. The van der Waals surface area contributed by atoms with Crippen LogP contribution in [-0.4, -0.2) is 26.6 Å². The van der Waals surface area contributed by atoms with E-state index in [4.69, 9.17) is 0 Å². The summed E-state index contributed by atoms with van der Waals surface area (Å²) in [5, 5.41) is 6.44. The van der Waals surface area contributed by atoms with Crippen molar-refractivity contribution in [1.29, 1.82) is 0 Å². The highest BCUT2D eigenvalue weighted by Crippen LogP contribution is 2.20. The van der Waals surface area contributed by atoms with E-state index < -0.39 is 0 Å². The van der Waals surface area contributed by atoms with Gasteiger partial charge in [-0.25, -0.2) is 0 Å². The minimum atomic E-state index is 0. The molecule has 2 aromatic rings. The molecule has 0 aliphatic carbocycles. The van der Waals surface area contributed by atoms with E-state index in [1.807, 2.05) is 7.05 Å². The number of benzene rings is 2. The largest absolute Gasteiger partial charge is 0.359 e. The average Bonchev–Trinajstić information content (AvgIpc) is 2.56. The van der Waals surface area contributed by atoms with Crippen LogP contribution in [-0.2, 0) is 6.42 Å². The van der Waals surface area contributed by atoms with Crippen molar-refractivity contribution in [2.75, 3.05) is 20.6 Å². The summed E-state index contributed by atoms with van der Waals surface area (Å²) in [4.78, 5) is 4.17. The zero-order valence-electron chi connectivity index (χ0n) is 13.1. The van der Waals surface area contributed by atoms with E-state index in [2.05, 4.69) is 76.3 Å². The number of halogens is 1. The van der Waals surface area contributed by atoms with Crippen LogP contribution in [0.1, 0.15) is 17.0 Å². The Labute approximate surface area is 150 Å². The van der Waals surface area contributed by atoms with Crippen molar-refractivity contribution in [2.24, 2.45) is 4.99 Å². The summed E-state index contributed by atoms with van der Waals surface area (Å²) in [5.74, 6) is 1.24. The monoisotopic (exact) mass is 409 g/mol. The minimum Gasteiger partial charge on any atom is -0.359 e. The SMILES string of the molecule is CN=C(NC)NCC(Cc1ccccc1)c1ccccc1.I. The first-order chi connectivity index (χ1) is 10.3. The second-order valence-corrected chi connectivity index (χ2v) is 5.00. The molecule has 3 nitrogen and oxygen atoms in total. The molecule has 0 saturated carbocycles. The van der Waals surface area contributed by atoms with Gasteiger partial charge >= 0.3 is 0 Å². The Hall–Kier alpha value is -1.56. The summed E-state index contributed by atoms with van der Waals surface area (Å²) in [6.07, 6.45) is 1.01. The van der Waals surface area contributed by atoms with E-state index in [1.54, 1.807) is 7.05 Å². The van der Waals surface area contributed by atoms with E-state index in [0.717, 1.165) is 18.9 Å². The maximum Gasteiger partial charge on any atom is 0.190 e. The molecule has 0 aliphatic heterocycles. The van der Waals surface area contributed by atoms with E-state index in [1.165, 1.54) is 11.1 Å². The number of nitrogens with zero attached hydrogens (tertiary/aromatic N) is 1.